The van der Waals surface area contributed by atoms with Gasteiger partial charge in [0.2, 0.25) is 0 Å². The van der Waals surface area contributed by atoms with Crippen LogP contribution < -0.4 is 4.74 Å². The minimum Gasteiger partial charge on any atom is -0.487 e. The summed E-state index contributed by atoms with van der Waals surface area (Å²) in [6.45, 7) is -0.0962. The summed E-state index contributed by atoms with van der Waals surface area (Å²) in [4.78, 5) is -0.319. The lowest BCUT2D eigenvalue weighted by molar-refractivity contribution is -0.148. The van der Waals surface area contributed by atoms with Crippen molar-refractivity contribution < 1.29 is 34.9 Å². The second-order valence-corrected chi connectivity index (χ2v) is 5.61. The molecular weight excluding hydrogens is 304 g/mol. The second kappa shape index (κ2) is 5.96. The van der Waals surface area contributed by atoms with Crippen molar-refractivity contribution >= 4 is 10.1 Å². The summed E-state index contributed by atoms with van der Waals surface area (Å²) in [5.41, 5.74) is 0.324. The normalized spacial score (nSPS) is 12.8. The van der Waals surface area contributed by atoms with E-state index < -0.39 is 29.1 Å². The summed E-state index contributed by atoms with van der Waals surface area (Å²) >= 11 is 0. The minimum atomic E-state index is -4.32. The molecule has 0 aliphatic heterocycles. The predicted octanol–water partition coefficient (Wildman–Crippen LogP) is 2.61. The van der Waals surface area contributed by atoms with Crippen LogP contribution in [0.1, 0.15) is 5.56 Å². The average Bonchev–Trinajstić information content (AvgIpc) is 2.37. The van der Waals surface area contributed by atoms with Crippen LogP contribution in [-0.2, 0) is 14.3 Å². The molecule has 0 radical (unpaired) electrons. The number of halogens is 4. The number of rotatable bonds is 6. The van der Waals surface area contributed by atoms with Crippen molar-refractivity contribution in [3.05, 3.63) is 23.8 Å². The second-order valence-electron chi connectivity index (χ2n) is 3.90. The monoisotopic (exact) mass is 316 g/mol. The molecule has 0 fully saturated rings. The van der Waals surface area contributed by atoms with Crippen LogP contribution in [0.15, 0.2) is 23.1 Å². The summed E-state index contributed by atoms with van der Waals surface area (Å²) in [6, 6.07) is 3.42. The maximum Gasteiger partial charge on any atom is 0.340 e. The summed E-state index contributed by atoms with van der Waals surface area (Å²) in [5, 5.41) is 0. The fourth-order valence-electron chi connectivity index (χ4n) is 1.22. The predicted molar refractivity (Wildman–Crippen MR) is 61.8 cm³/mol. The van der Waals surface area contributed by atoms with E-state index in [1.807, 2.05) is 0 Å². The standard InChI is InChI=1S/C11H12F4O4S/c1-7-3-4-8(20(16,17)18-2)5-9(7)19-6-11(14,15)10(12)13/h3-5,10H,6H2,1-2H3. The Balaban J connectivity index is 3.00. The van der Waals surface area contributed by atoms with Crippen molar-refractivity contribution in [1.29, 1.82) is 0 Å². The molecule has 1 aromatic rings. The van der Waals surface area contributed by atoms with Crippen LogP contribution in [0.25, 0.3) is 0 Å². The van der Waals surface area contributed by atoms with Crippen LogP contribution in [0.5, 0.6) is 5.75 Å². The third-order valence-electron chi connectivity index (χ3n) is 2.41. The largest absolute Gasteiger partial charge is 0.487 e. The molecule has 9 heteroatoms. The molecule has 0 bridgehead atoms. The first kappa shape index (κ1) is 16.7. The van der Waals surface area contributed by atoms with Crippen molar-refractivity contribution in [3.63, 3.8) is 0 Å². The molecule has 0 spiro atoms. The summed E-state index contributed by atoms with van der Waals surface area (Å²) in [5.74, 6) is -4.55. The molecular formula is C11H12F4O4S. The molecule has 0 saturated heterocycles. The van der Waals surface area contributed by atoms with Gasteiger partial charge >= 0.3 is 12.3 Å². The SMILES string of the molecule is COS(=O)(=O)c1ccc(C)c(OCC(F)(F)C(F)F)c1. The van der Waals surface area contributed by atoms with Crippen molar-refractivity contribution in [1.82, 2.24) is 0 Å². The number of ether oxygens (including phenoxy) is 1. The Hall–Kier alpha value is -1.35. The Morgan fingerprint density at radius 2 is 1.90 bits per heavy atom. The van der Waals surface area contributed by atoms with Crippen molar-refractivity contribution in [3.8, 4) is 5.75 Å². The van der Waals surface area contributed by atoms with Crippen molar-refractivity contribution in [2.75, 3.05) is 13.7 Å². The molecule has 0 unspecified atom stereocenters. The van der Waals surface area contributed by atoms with Gasteiger partial charge in [-0.05, 0) is 18.6 Å². The van der Waals surface area contributed by atoms with E-state index in [0.29, 0.717) is 5.56 Å². The maximum atomic E-state index is 12.7. The van der Waals surface area contributed by atoms with E-state index in [-0.39, 0.29) is 10.6 Å². The van der Waals surface area contributed by atoms with Gasteiger partial charge in [-0.15, -0.1) is 0 Å². The molecule has 4 nitrogen and oxygen atoms in total. The van der Waals surface area contributed by atoms with Gasteiger partial charge in [0.25, 0.3) is 10.1 Å². The summed E-state index contributed by atoms with van der Waals surface area (Å²) in [6.07, 6.45) is -3.87. The molecule has 0 aliphatic carbocycles. The van der Waals surface area contributed by atoms with Gasteiger partial charge in [0.1, 0.15) is 5.75 Å². The van der Waals surface area contributed by atoms with Gasteiger partial charge in [0.05, 0.1) is 12.0 Å². The maximum absolute atomic E-state index is 12.7. The first-order valence-corrected chi connectivity index (χ1v) is 6.71. The molecule has 1 aromatic carbocycles. The Bertz CT molecular complexity index is 572. The number of alkyl halides is 4. The lowest BCUT2D eigenvalue weighted by Gasteiger charge is -2.17. The smallest absolute Gasteiger partial charge is 0.340 e. The lowest BCUT2D eigenvalue weighted by atomic mass is 10.2. The molecule has 20 heavy (non-hydrogen) atoms. The molecule has 0 atom stereocenters. The zero-order valence-electron chi connectivity index (χ0n) is 10.6. The molecule has 0 aromatic heterocycles. The van der Waals surface area contributed by atoms with Gasteiger partial charge in [0.15, 0.2) is 6.61 Å². The number of hydrogen-bond acceptors (Lipinski definition) is 4. The average molecular weight is 316 g/mol. The number of hydrogen-bond donors (Lipinski definition) is 0. The van der Waals surface area contributed by atoms with E-state index in [9.17, 15) is 26.0 Å². The highest BCUT2D eigenvalue weighted by Gasteiger charge is 2.41. The Morgan fingerprint density at radius 1 is 1.30 bits per heavy atom. The van der Waals surface area contributed by atoms with Gasteiger partial charge in [-0.2, -0.15) is 17.2 Å². The Labute approximate surface area is 113 Å². The van der Waals surface area contributed by atoms with E-state index in [2.05, 4.69) is 8.92 Å². The zero-order chi connectivity index (χ0) is 15.6. The van der Waals surface area contributed by atoms with Gasteiger partial charge in [-0.3, -0.25) is 4.18 Å². The molecule has 1 rings (SSSR count). The van der Waals surface area contributed by atoms with Gasteiger partial charge in [-0.1, -0.05) is 6.07 Å². The highest BCUT2D eigenvalue weighted by atomic mass is 32.2. The molecule has 0 amide bonds. The lowest BCUT2D eigenvalue weighted by Crippen LogP contribution is -2.33. The molecule has 0 N–H and O–H groups in total. The first-order valence-electron chi connectivity index (χ1n) is 5.30. The van der Waals surface area contributed by atoms with Crippen LogP contribution in [-0.4, -0.2) is 34.5 Å². The van der Waals surface area contributed by atoms with E-state index in [0.717, 1.165) is 13.2 Å². The van der Waals surface area contributed by atoms with E-state index in [1.165, 1.54) is 19.1 Å². The Morgan fingerprint density at radius 3 is 2.40 bits per heavy atom. The summed E-state index contributed by atoms with van der Waals surface area (Å²) in [7, 11) is -3.09. The number of aryl methyl sites for hydroxylation is 1. The molecule has 114 valence electrons. The van der Waals surface area contributed by atoms with Crippen LogP contribution in [0.2, 0.25) is 0 Å². The third-order valence-corrected chi connectivity index (χ3v) is 3.68. The minimum absolute atomic E-state index is 0.233. The number of benzene rings is 1. The molecule has 0 saturated carbocycles. The van der Waals surface area contributed by atoms with Crippen molar-refractivity contribution in [2.45, 2.75) is 24.2 Å². The zero-order valence-corrected chi connectivity index (χ0v) is 11.4. The van der Waals surface area contributed by atoms with Gasteiger partial charge in [-0.25, -0.2) is 8.78 Å². The topological polar surface area (TPSA) is 52.6 Å². The highest BCUT2D eigenvalue weighted by Crippen LogP contribution is 2.27. The van der Waals surface area contributed by atoms with Crippen LogP contribution in [0.4, 0.5) is 17.6 Å². The van der Waals surface area contributed by atoms with E-state index in [4.69, 9.17) is 0 Å². The molecule has 0 heterocycles. The van der Waals surface area contributed by atoms with Crippen LogP contribution in [0, 0.1) is 6.92 Å². The van der Waals surface area contributed by atoms with E-state index >= 15 is 0 Å². The fourth-order valence-corrected chi connectivity index (χ4v) is 1.90. The molecule has 0 aliphatic rings. The van der Waals surface area contributed by atoms with Crippen LogP contribution >= 0.6 is 0 Å². The Kier molecular flexibility index (Phi) is 4.98. The van der Waals surface area contributed by atoms with Gasteiger partial charge < -0.3 is 4.74 Å². The third kappa shape index (κ3) is 3.83. The van der Waals surface area contributed by atoms with E-state index in [1.54, 1.807) is 0 Å². The van der Waals surface area contributed by atoms with Crippen molar-refractivity contribution in [2.24, 2.45) is 0 Å². The fraction of sp³-hybridized carbons (Fsp3) is 0.455. The quantitative estimate of drug-likeness (QED) is 0.598. The summed E-state index contributed by atoms with van der Waals surface area (Å²) < 4.78 is 81.2. The van der Waals surface area contributed by atoms with Gasteiger partial charge in [0, 0.05) is 6.07 Å². The van der Waals surface area contributed by atoms with Crippen LogP contribution in [0.3, 0.4) is 0 Å². The first-order chi connectivity index (χ1) is 9.10. The highest BCUT2D eigenvalue weighted by molar-refractivity contribution is 7.86.